The van der Waals surface area contributed by atoms with Crippen LogP contribution in [0.5, 0.6) is 0 Å². The Hall–Kier alpha value is -2.70. The van der Waals surface area contributed by atoms with E-state index in [0.29, 0.717) is 17.9 Å². The molecule has 0 aliphatic heterocycles. The van der Waals surface area contributed by atoms with Gasteiger partial charge in [-0.3, -0.25) is 19.6 Å². The molecule has 0 aliphatic rings. The minimum Gasteiger partial charge on any atom is -0.340 e. The van der Waals surface area contributed by atoms with E-state index in [0.717, 1.165) is 11.1 Å². The summed E-state index contributed by atoms with van der Waals surface area (Å²) in [4.78, 5) is 24.4. The summed E-state index contributed by atoms with van der Waals surface area (Å²) in [5, 5.41) is 15.1. The van der Waals surface area contributed by atoms with Crippen LogP contribution in [0.3, 0.4) is 0 Å². The maximum Gasteiger partial charge on any atom is 0.312 e. The van der Waals surface area contributed by atoms with E-state index in [4.69, 9.17) is 0 Å². The number of carbonyl (C=O) groups is 1. The number of nitro groups is 1. The fourth-order valence-corrected chi connectivity index (χ4v) is 2.41. The van der Waals surface area contributed by atoms with Gasteiger partial charge < -0.3 is 4.90 Å². The molecule has 0 fully saturated rings. The van der Waals surface area contributed by atoms with Gasteiger partial charge in [-0.1, -0.05) is 29.8 Å². The first kappa shape index (κ1) is 16.7. The zero-order chi connectivity index (χ0) is 17.1. The monoisotopic (exact) mass is 316 g/mol. The molecule has 0 spiro atoms. The Balaban J connectivity index is 2.08. The summed E-state index contributed by atoms with van der Waals surface area (Å²) in [5.41, 5.74) is 2.88. The number of rotatable bonds is 5. The lowest BCUT2D eigenvalue weighted by atomic mass is 10.1. The van der Waals surface area contributed by atoms with Crippen molar-refractivity contribution in [2.24, 2.45) is 0 Å². The number of nitrogens with zero attached hydrogens (tertiary/aromatic N) is 4. The Morgan fingerprint density at radius 2 is 1.87 bits per heavy atom. The molecule has 1 amide bonds. The normalized spacial score (nSPS) is 10.6. The highest BCUT2D eigenvalue weighted by molar-refractivity contribution is 5.75. The third kappa shape index (κ3) is 3.74. The van der Waals surface area contributed by atoms with Crippen LogP contribution in [0.25, 0.3) is 0 Å². The number of amides is 1. The SMILES string of the molecule is Cc1ccc(CN(C)C(=O)Cn2nc(C)c([N+](=O)[O-])c2C)cc1. The van der Waals surface area contributed by atoms with E-state index in [-0.39, 0.29) is 18.1 Å². The van der Waals surface area contributed by atoms with Gasteiger partial charge in [-0.15, -0.1) is 0 Å². The third-order valence-electron chi connectivity index (χ3n) is 3.78. The Kier molecular flexibility index (Phi) is 4.78. The van der Waals surface area contributed by atoms with Gasteiger partial charge in [0.25, 0.3) is 0 Å². The number of benzene rings is 1. The second-order valence-electron chi connectivity index (χ2n) is 5.67. The lowest BCUT2D eigenvalue weighted by molar-refractivity contribution is -0.386. The van der Waals surface area contributed by atoms with Crippen molar-refractivity contribution >= 4 is 11.6 Å². The van der Waals surface area contributed by atoms with Crippen LogP contribution in [0.15, 0.2) is 24.3 Å². The van der Waals surface area contributed by atoms with Crippen molar-refractivity contribution in [3.05, 3.63) is 56.9 Å². The number of aromatic nitrogens is 2. The molecule has 0 saturated carbocycles. The highest BCUT2D eigenvalue weighted by Crippen LogP contribution is 2.21. The predicted molar refractivity (Wildman–Crippen MR) is 86.0 cm³/mol. The minimum atomic E-state index is -0.464. The molecule has 0 bridgehead atoms. The summed E-state index contributed by atoms with van der Waals surface area (Å²) in [5.74, 6) is -0.147. The predicted octanol–water partition coefficient (Wildman–Crippen LogP) is 2.38. The Labute approximate surface area is 134 Å². The lowest BCUT2D eigenvalue weighted by Gasteiger charge is -2.17. The molecule has 1 aromatic carbocycles. The first-order chi connectivity index (χ1) is 10.8. The summed E-state index contributed by atoms with van der Waals surface area (Å²) in [6, 6.07) is 7.95. The summed E-state index contributed by atoms with van der Waals surface area (Å²) >= 11 is 0. The van der Waals surface area contributed by atoms with Crippen molar-refractivity contribution < 1.29 is 9.72 Å². The van der Waals surface area contributed by atoms with Gasteiger partial charge in [0.05, 0.1) is 4.92 Å². The van der Waals surface area contributed by atoms with E-state index >= 15 is 0 Å². The smallest absolute Gasteiger partial charge is 0.312 e. The van der Waals surface area contributed by atoms with Gasteiger partial charge >= 0.3 is 5.69 Å². The van der Waals surface area contributed by atoms with Crippen molar-refractivity contribution in [3.8, 4) is 0 Å². The van der Waals surface area contributed by atoms with Crippen LogP contribution in [0, 0.1) is 30.9 Å². The van der Waals surface area contributed by atoms with E-state index in [1.54, 1.807) is 25.8 Å². The number of carbonyl (C=O) groups excluding carboxylic acids is 1. The van der Waals surface area contributed by atoms with Crippen LogP contribution in [-0.2, 0) is 17.9 Å². The molecule has 1 heterocycles. The molecule has 7 nitrogen and oxygen atoms in total. The average Bonchev–Trinajstić information content (AvgIpc) is 2.75. The summed E-state index contributed by atoms with van der Waals surface area (Å²) in [7, 11) is 1.71. The first-order valence-corrected chi connectivity index (χ1v) is 7.27. The zero-order valence-electron chi connectivity index (χ0n) is 13.7. The fourth-order valence-electron chi connectivity index (χ4n) is 2.41. The van der Waals surface area contributed by atoms with Crippen molar-refractivity contribution in [2.75, 3.05) is 7.05 Å². The molecule has 0 radical (unpaired) electrons. The summed E-state index contributed by atoms with van der Waals surface area (Å²) in [6.07, 6.45) is 0. The maximum atomic E-state index is 12.3. The molecule has 0 saturated heterocycles. The van der Waals surface area contributed by atoms with Crippen LogP contribution in [0.1, 0.15) is 22.5 Å². The molecule has 7 heteroatoms. The molecule has 1 aromatic heterocycles. The molecular formula is C16H20N4O3. The molecule has 122 valence electrons. The van der Waals surface area contributed by atoms with Gasteiger partial charge in [0, 0.05) is 13.6 Å². The molecule has 0 unspecified atom stereocenters. The van der Waals surface area contributed by atoms with Gasteiger partial charge in [0.2, 0.25) is 5.91 Å². The number of hydrogen-bond donors (Lipinski definition) is 0. The van der Waals surface area contributed by atoms with Gasteiger partial charge in [0.15, 0.2) is 0 Å². The van der Waals surface area contributed by atoms with E-state index in [1.807, 2.05) is 31.2 Å². The molecule has 23 heavy (non-hydrogen) atoms. The largest absolute Gasteiger partial charge is 0.340 e. The van der Waals surface area contributed by atoms with Crippen LogP contribution >= 0.6 is 0 Å². The van der Waals surface area contributed by atoms with Crippen molar-refractivity contribution in [3.63, 3.8) is 0 Å². The molecule has 2 rings (SSSR count). The van der Waals surface area contributed by atoms with E-state index < -0.39 is 4.92 Å². The number of aryl methyl sites for hydroxylation is 2. The quantitative estimate of drug-likeness (QED) is 0.626. The Morgan fingerprint density at radius 1 is 1.26 bits per heavy atom. The number of hydrogen-bond acceptors (Lipinski definition) is 4. The topological polar surface area (TPSA) is 81.3 Å². The molecule has 0 atom stereocenters. The van der Waals surface area contributed by atoms with E-state index in [2.05, 4.69) is 5.10 Å². The number of likely N-dealkylation sites (N-methyl/N-ethyl adjacent to an activating group) is 1. The van der Waals surface area contributed by atoms with Gasteiger partial charge in [-0.05, 0) is 26.3 Å². The molecule has 2 aromatic rings. The van der Waals surface area contributed by atoms with Crippen molar-refractivity contribution in [2.45, 2.75) is 33.9 Å². The van der Waals surface area contributed by atoms with E-state index in [9.17, 15) is 14.9 Å². The van der Waals surface area contributed by atoms with Crippen LogP contribution in [0.2, 0.25) is 0 Å². The van der Waals surface area contributed by atoms with E-state index in [1.165, 1.54) is 4.68 Å². The summed E-state index contributed by atoms with van der Waals surface area (Å²) in [6.45, 7) is 5.66. The maximum absolute atomic E-state index is 12.3. The summed E-state index contributed by atoms with van der Waals surface area (Å²) < 4.78 is 1.39. The van der Waals surface area contributed by atoms with Gasteiger partial charge in [0.1, 0.15) is 17.9 Å². The molecular weight excluding hydrogens is 296 g/mol. The van der Waals surface area contributed by atoms with Crippen molar-refractivity contribution in [1.82, 2.24) is 14.7 Å². The van der Waals surface area contributed by atoms with Gasteiger partial charge in [-0.2, -0.15) is 5.10 Å². The standard InChI is InChI=1S/C16H20N4O3/c1-11-5-7-14(8-6-11)9-18(4)15(21)10-19-13(3)16(20(22)23)12(2)17-19/h5-8H,9-10H2,1-4H3. The Bertz CT molecular complexity index is 735. The van der Waals surface area contributed by atoms with Crippen LogP contribution < -0.4 is 0 Å². The molecule has 0 N–H and O–H groups in total. The third-order valence-corrected chi connectivity index (χ3v) is 3.78. The molecule has 0 aliphatic carbocycles. The van der Waals surface area contributed by atoms with Crippen LogP contribution in [-0.4, -0.2) is 32.6 Å². The second kappa shape index (κ2) is 6.60. The Morgan fingerprint density at radius 3 is 2.39 bits per heavy atom. The van der Waals surface area contributed by atoms with Crippen molar-refractivity contribution in [1.29, 1.82) is 0 Å². The minimum absolute atomic E-state index is 0.0110. The van der Waals surface area contributed by atoms with Crippen LogP contribution in [0.4, 0.5) is 5.69 Å². The fraction of sp³-hybridized carbons (Fsp3) is 0.375. The first-order valence-electron chi connectivity index (χ1n) is 7.27. The highest BCUT2D eigenvalue weighted by atomic mass is 16.6. The average molecular weight is 316 g/mol. The zero-order valence-corrected chi connectivity index (χ0v) is 13.7. The lowest BCUT2D eigenvalue weighted by Crippen LogP contribution is -2.30. The van der Waals surface area contributed by atoms with Gasteiger partial charge in [-0.25, -0.2) is 0 Å². The second-order valence-corrected chi connectivity index (χ2v) is 5.67. The highest BCUT2D eigenvalue weighted by Gasteiger charge is 2.23.